The molecule has 2 rings (SSSR count). The summed E-state index contributed by atoms with van der Waals surface area (Å²) >= 11 is 0. The molecule has 0 bridgehead atoms. The van der Waals surface area contributed by atoms with Crippen LogP contribution in [0.2, 0.25) is 0 Å². The number of benzene rings is 1. The van der Waals surface area contributed by atoms with Crippen molar-refractivity contribution in [3.05, 3.63) is 35.4 Å². The second-order valence-corrected chi connectivity index (χ2v) is 6.92. The average Bonchev–Trinajstić information content (AvgIpc) is 2.38. The number of halogens is 1. The minimum absolute atomic E-state index is 0. The van der Waals surface area contributed by atoms with Crippen molar-refractivity contribution in [2.24, 2.45) is 5.73 Å². The van der Waals surface area contributed by atoms with Crippen LogP contribution in [0.5, 0.6) is 0 Å². The van der Waals surface area contributed by atoms with E-state index in [-0.39, 0.29) is 17.8 Å². The Morgan fingerprint density at radius 1 is 1.10 bits per heavy atom. The smallest absolute Gasteiger partial charge is 0.0319 e. The van der Waals surface area contributed by atoms with Gasteiger partial charge in [0.2, 0.25) is 0 Å². The van der Waals surface area contributed by atoms with Crippen LogP contribution in [-0.4, -0.2) is 24.0 Å². The molecule has 3 heteroatoms. The molecular formula is C17H29ClN2. The fourth-order valence-electron chi connectivity index (χ4n) is 2.78. The Labute approximate surface area is 130 Å². The van der Waals surface area contributed by atoms with Crippen LogP contribution in [0.4, 0.5) is 0 Å². The van der Waals surface area contributed by atoms with Crippen LogP contribution in [0.25, 0.3) is 0 Å². The standard InChI is InChI=1S/C17H28N2.ClH/c1-13(19-11-9-16(18)10-12-19)14-5-7-15(8-6-14)17(2,3)4;/h5-8,13,16H,9-12,18H2,1-4H3;1H. The Balaban J connectivity index is 0.00000200. The van der Waals surface area contributed by atoms with E-state index in [1.165, 1.54) is 11.1 Å². The molecule has 1 aliphatic heterocycles. The lowest BCUT2D eigenvalue weighted by molar-refractivity contribution is 0.163. The molecule has 0 aromatic heterocycles. The van der Waals surface area contributed by atoms with Gasteiger partial charge in [0.1, 0.15) is 0 Å². The van der Waals surface area contributed by atoms with E-state index in [4.69, 9.17) is 5.73 Å². The van der Waals surface area contributed by atoms with Crippen molar-refractivity contribution in [1.82, 2.24) is 4.90 Å². The number of piperidine rings is 1. The zero-order valence-electron chi connectivity index (χ0n) is 13.2. The van der Waals surface area contributed by atoms with E-state index in [0.717, 1.165) is 25.9 Å². The minimum Gasteiger partial charge on any atom is -0.328 e. The van der Waals surface area contributed by atoms with Crippen LogP contribution in [0, 0.1) is 0 Å². The van der Waals surface area contributed by atoms with Gasteiger partial charge in [-0.15, -0.1) is 12.4 Å². The first-order valence-corrected chi connectivity index (χ1v) is 7.48. The minimum atomic E-state index is 0. The quantitative estimate of drug-likeness (QED) is 0.897. The SMILES string of the molecule is CC(c1ccc(C(C)(C)C)cc1)N1CCC(N)CC1.Cl. The highest BCUT2D eigenvalue weighted by Crippen LogP contribution is 2.27. The Morgan fingerprint density at radius 3 is 2.05 bits per heavy atom. The molecule has 1 aliphatic rings. The van der Waals surface area contributed by atoms with E-state index in [0.29, 0.717) is 12.1 Å². The zero-order chi connectivity index (χ0) is 14.0. The van der Waals surface area contributed by atoms with Crippen molar-refractivity contribution in [3.63, 3.8) is 0 Å². The number of rotatable bonds is 2. The molecule has 0 saturated carbocycles. The maximum atomic E-state index is 5.98. The normalized spacial score (nSPS) is 19.4. The van der Waals surface area contributed by atoms with Gasteiger partial charge in [-0.25, -0.2) is 0 Å². The highest BCUT2D eigenvalue weighted by Gasteiger charge is 2.22. The molecule has 1 heterocycles. The maximum absolute atomic E-state index is 5.98. The summed E-state index contributed by atoms with van der Waals surface area (Å²) in [5.41, 5.74) is 9.04. The zero-order valence-corrected chi connectivity index (χ0v) is 14.0. The fraction of sp³-hybridized carbons (Fsp3) is 0.647. The van der Waals surface area contributed by atoms with Gasteiger partial charge in [-0.3, -0.25) is 4.90 Å². The van der Waals surface area contributed by atoms with E-state index in [1.54, 1.807) is 0 Å². The van der Waals surface area contributed by atoms with Gasteiger partial charge >= 0.3 is 0 Å². The highest BCUT2D eigenvalue weighted by molar-refractivity contribution is 5.85. The van der Waals surface area contributed by atoms with Gasteiger partial charge in [0.15, 0.2) is 0 Å². The third kappa shape index (κ3) is 4.21. The molecule has 0 radical (unpaired) electrons. The third-order valence-electron chi connectivity index (χ3n) is 4.38. The van der Waals surface area contributed by atoms with Gasteiger partial charge in [0.05, 0.1) is 0 Å². The summed E-state index contributed by atoms with van der Waals surface area (Å²) in [6, 6.07) is 10.1. The first-order chi connectivity index (χ1) is 8.88. The van der Waals surface area contributed by atoms with Gasteiger partial charge in [-0.05, 0) is 36.3 Å². The molecule has 2 N–H and O–H groups in total. The first kappa shape index (κ1) is 17.5. The molecule has 1 atom stereocenters. The van der Waals surface area contributed by atoms with Crippen LogP contribution >= 0.6 is 12.4 Å². The van der Waals surface area contributed by atoms with Gasteiger partial charge in [-0.2, -0.15) is 0 Å². The first-order valence-electron chi connectivity index (χ1n) is 7.48. The lowest BCUT2D eigenvalue weighted by atomic mass is 9.86. The molecule has 0 aliphatic carbocycles. The van der Waals surface area contributed by atoms with Gasteiger partial charge < -0.3 is 5.73 Å². The van der Waals surface area contributed by atoms with Crippen molar-refractivity contribution in [1.29, 1.82) is 0 Å². The van der Waals surface area contributed by atoms with Crippen LogP contribution in [0.3, 0.4) is 0 Å². The second kappa shape index (κ2) is 6.93. The molecule has 2 nitrogen and oxygen atoms in total. The van der Waals surface area contributed by atoms with E-state index in [1.807, 2.05) is 0 Å². The number of hydrogen-bond donors (Lipinski definition) is 1. The van der Waals surface area contributed by atoms with E-state index >= 15 is 0 Å². The largest absolute Gasteiger partial charge is 0.328 e. The van der Waals surface area contributed by atoms with Crippen molar-refractivity contribution in [3.8, 4) is 0 Å². The van der Waals surface area contributed by atoms with Crippen LogP contribution < -0.4 is 5.73 Å². The molecule has 1 aromatic carbocycles. The van der Waals surface area contributed by atoms with E-state index in [2.05, 4.69) is 56.9 Å². The Morgan fingerprint density at radius 2 is 1.60 bits per heavy atom. The van der Waals surface area contributed by atoms with Gasteiger partial charge in [0, 0.05) is 25.2 Å². The molecule has 0 amide bonds. The highest BCUT2D eigenvalue weighted by atomic mass is 35.5. The maximum Gasteiger partial charge on any atom is 0.0319 e. The molecule has 1 fully saturated rings. The topological polar surface area (TPSA) is 29.3 Å². The summed E-state index contributed by atoms with van der Waals surface area (Å²) in [5.74, 6) is 0. The van der Waals surface area contributed by atoms with Gasteiger partial charge in [-0.1, -0.05) is 45.0 Å². The van der Waals surface area contributed by atoms with Crippen LogP contribution in [-0.2, 0) is 5.41 Å². The number of hydrogen-bond acceptors (Lipinski definition) is 2. The summed E-state index contributed by atoms with van der Waals surface area (Å²) in [6.45, 7) is 11.3. The van der Waals surface area contributed by atoms with Crippen LogP contribution in [0.1, 0.15) is 57.7 Å². The van der Waals surface area contributed by atoms with Crippen molar-refractivity contribution in [2.75, 3.05) is 13.1 Å². The summed E-state index contributed by atoms with van der Waals surface area (Å²) in [7, 11) is 0. The van der Waals surface area contributed by atoms with Crippen molar-refractivity contribution in [2.45, 2.75) is 58.0 Å². The fourth-order valence-corrected chi connectivity index (χ4v) is 2.78. The van der Waals surface area contributed by atoms with Crippen molar-refractivity contribution >= 4 is 12.4 Å². The molecule has 20 heavy (non-hydrogen) atoms. The summed E-state index contributed by atoms with van der Waals surface area (Å²) < 4.78 is 0. The number of nitrogens with two attached hydrogens (primary N) is 1. The molecule has 1 saturated heterocycles. The molecule has 0 spiro atoms. The summed E-state index contributed by atoms with van der Waals surface area (Å²) in [6.07, 6.45) is 2.26. The summed E-state index contributed by atoms with van der Waals surface area (Å²) in [5, 5.41) is 0. The Bertz CT molecular complexity index is 400. The van der Waals surface area contributed by atoms with Gasteiger partial charge in [0.25, 0.3) is 0 Å². The van der Waals surface area contributed by atoms with Crippen molar-refractivity contribution < 1.29 is 0 Å². The number of likely N-dealkylation sites (tertiary alicyclic amines) is 1. The third-order valence-corrected chi connectivity index (χ3v) is 4.38. The Kier molecular flexibility index (Phi) is 6.06. The Hall–Kier alpha value is -0.570. The molecular weight excluding hydrogens is 268 g/mol. The number of nitrogens with zero attached hydrogens (tertiary/aromatic N) is 1. The lowest BCUT2D eigenvalue weighted by Crippen LogP contribution is -2.40. The molecule has 1 unspecified atom stereocenters. The predicted octanol–water partition coefficient (Wildman–Crippen LogP) is 3.89. The van der Waals surface area contributed by atoms with E-state index in [9.17, 15) is 0 Å². The molecule has 1 aromatic rings. The summed E-state index contributed by atoms with van der Waals surface area (Å²) in [4.78, 5) is 2.55. The molecule has 114 valence electrons. The average molecular weight is 297 g/mol. The monoisotopic (exact) mass is 296 g/mol. The predicted molar refractivity (Wildman–Crippen MR) is 89.6 cm³/mol. The lowest BCUT2D eigenvalue weighted by Gasteiger charge is -2.35. The van der Waals surface area contributed by atoms with Crippen LogP contribution in [0.15, 0.2) is 24.3 Å². The van der Waals surface area contributed by atoms with E-state index < -0.39 is 0 Å². The second-order valence-electron chi connectivity index (χ2n) is 6.92.